The van der Waals surface area contributed by atoms with Gasteiger partial charge in [-0.25, -0.2) is 0 Å². The van der Waals surface area contributed by atoms with Gasteiger partial charge in [-0.15, -0.1) is 26.3 Å². The molecular formula is C50H65O11P. The molecule has 336 valence electrons. The van der Waals surface area contributed by atoms with Crippen LogP contribution in [0.3, 0.4) is 0 Å². The van der Waals surface area contributed by atoms with Crippen molar-refractivity contribution in [1.82, 2.24) is 0 Å². The maximum Gasteiger partial charge on any atom is 0.193 e. The zero-order chi connectivity index (χ0) is 45.4. The van der Waals surface area contributed by atoms with Crippen LogP contribution < -0.4 is 5.30 Å². The van der Waals surface area contributed by atoms with E-state index in [1.165, 1.54) is 0 Å². The van der Waals surface area contributed by atoms with Crippen molar-refractivity contribution in [3.05, 3.63) is 147 Å². The van der Waals surface area contributed by atoms with Crippen LogP contribution in [0.15, 0.2) is 68.8 Å². The molecule has 0 saturated heterocycles. The van der Waals surface area contributed by atoms with Crippen LogP contribution in [0.2, 0.25) is 0 Å². The summed E-state index contributed by atoms with van der Waals surface area (Å²) in [4.78, 5) is 29.7. The molecule has 12 heteroatoms. The van der Waals surface area contributed by atoms with Crippen LogP contribution in [0.4, 0.5) is 0 Å². The van der Waals surface area contributed by atoms with E-state index in [1.54, 1.807) is 42.5 Å². The summed E-state index contributed by atoms with van der Waals surface area (Å²) in [6.45, 7) is 31.9. The van der Waals surface area contributed by atoms with Crippen molar-refractivity contribution in [1.29, 1.82) is 0 Å². The Hall–Kier alpha value is -4.26. The van der Waals surface area contributed by atoms with E-state index < -0.39 is 0 Å². The second-order valence-electron chi connectivity index (χ2n) is 14.6. The molecule has 3 rings (SSSR count). The van der Waals surface area contributed by atoms with Gasteiger partial charge in [0.05, 0.1) is 106 Å². The summed E-state index contributed by atoms with van der Waals surface area (Å²) in [7, 11) is -0.342. The summed E-state index contributed by atoms with van der Waals surface area (Å²) >= 11 is 0. The van der Waals surface area contributed by atoms with Crippen molar-refractivity contribution in [3.8, 4) is 0 Å². The molecule has 0 fully saturated rings. The molecule has 0 aliphatic carbocycles. The second kappa shape index (κ2) is 28.4. The molecule has 0 spiro atoms. The van der Waals surface area contributed by atoms with Crippen molar-refractivity contribution in [3.63, 3.8) is 0 Å². The molecule has 3 aromatic rings. The molecule has 0 atom stereocenters. The zero-order valence-corrected chi connectivity index (χ0v) is 38.5. The summed E-state index contributed by atoms with van der Waals surface area (Å²) in [5.41, 5.74) is 9.71. The summed E-state index contributed by atoms with van der Waals surface area (Å²) in [5, 5.41) is 0.293. The van der Waals surface area contributed by atoms with Crippen LogP contribution in [0.1, 0.15) is 87.5 Å². The number of carbonyl (C=O) groups excluding carboxylic acids is 2. The summed E-state index contributed by atoms with van der Waals surface area (Å²) < 4.78 is 58.8. The van der Waals surface area contributed by atoms with Crippen LogP contribution in [-0.2, 0) is 68.9 Å². The third-order valence-electron chi connectivity index (χ3n) is 10.5. The SMILES string of the molecule is C=CCOCCOCc1c(C)c(COCCOCC=C)c(C)c(C(=O)c2cc(P=O)cc(C(=O)c3c(C)c(COCCOCC=C)c(C)c(COCCOCC=C)c3C)c2)c1C. The van der Waals surface area contributed by atoms with Gasteiger partial charge >= 0.3 is 0 Å². The standard InChI is InChI=1S/C50H65O11P/c1-11-15-54-19-23-58-30-43-34(5)44(31-59-24-20-55-16-12-2)37(8)47(36(43)7)49(51)40-27-41(29-42(28-40)62-53)50(52)48-38(9)45(32-60-25-21-56-17-13-3)35(6)46(39(48)10)33-61-26-22-57-18-14-4/h11-14,27-29H,1-4,15-26,30-33H2,5-10H3. The minimum Gasteiger partial charge on any atom is -0.375 e. The van der Waals surface area contributed by atoms with Gasteiger partial charge in [0, 0.05) is 27.6 Å². The highest BCUT2D eigenvalue weighted by Gasteiger charge is 2.27. The molecule has 0 aromatic heterocycles. The van der Waals surface area contributed by atoms with Gasteiger partial charge in [-0.1, -0.05) is 24.3 Å². The first-order valence-electron chi connectivity index (χ1n) is 20.8. The molecule has 0 saturated carbocycles. The highest BCUT2D eigenvalue weighted by atomic mass is 31.1. The Balaban J connectivity index is 2.12. The van der Waals surface area contributed by atoms with Crippen LogP contribution in [0, 0.1) is 41.5 Å². The Morgan fingerprint density at radius 3 is 0.935 bits per heavy atom. The Labute approximate surface area is 370 Å². The van der Waals surface area contributed by atoms with E-state index in [2.05, 4.69) is 26.3 Å². The largest absolute Gasteiger partial charge is 0.375 e. The zero-order valence-electron chi connectivity index (χ0n) is 37.6. The summed E-state index contributed by atoms with van der Waals surface area (Å²) in [5.74, 6) is -0.632. The lowest BCUT2D eigenvalue weighted by atomic mass is 9.83. The van der Waals surface area contributed by atoms with Crippen LogP contribution in [0.5, 0.6) is 0 Å². The number of hydrogen-bond donors (Lipinski definition) is 0. The molecule has 0 N–H and O–H groups in total. The van der Waals surface area contributed by atoms with Gasteiger partial charge in [0.25, 0.3) is 0 Å². The minimum atomic E-state index is -0.342. The number of rotatable bonds is 33. The molecule has 0 amide bonds. The fourth-order valence-corrected chi connectivity index (χ4v) is 7.64. The monoisotopic (exact) mass is 872 g/mol. The number of benzene rings is 3. The van der Waals surface area contributed by atoms with Gasteiger partial charge in [0.15, 0.2) is 20.0 Å². The summed E-state index contributed by atoms with van der Waals surface area (Å²) in [6.07, 6.45) is 6.72. The molecule has 0 aliphatic rings. The Morgan fingerprint density at radius 2 is 0.694 bits per heavy atom. The fourth-order valence-electron chi connectivity index (χ4n) is 7.25. The van der Waals surface area contributed by atoms with Crippen molar-refractivity contribution in [2.24, 2.45) is 0 Å². The maximum atomic E-state index is 14.9. The van der Waals surface area contributed by atoms with Crippen molar-refractivity contribution in [2.45, 2.75) is 68.0 Å². The normalized spacial score (nSPS) is 11.3. The second-order valence-corrected chi connectivity index (χ2v) is 15.3. The van der Waals surface area contributed by atoms with E-state index in [0.29, 0.717) is 95.7 Å². The first kappa shape index (κ1) is 52.1. The molecule has 0 aliphatic heterocycles. The predicted molar refractivity (Wildman–Crippen MR) is 245 cm³/mol. The van der Waals surface area contributed by atoms with Crippen LogP contribution >= 0.6 is 8.46 Å². The molecule has 62 heavy (non-hydrogen) atoms. The third-order valence-corrected chi connectivity index (χ3v) is 11.0. The lowest BCUT2D eigenvalue weighted by Crippen LogP contribution is -2.18. The topological polar surface area (TPSA) is 125 Å². The van der Waals surface area contributed by atoms with E-state index in [0.717, 1.165) is 55.6 Å². The third kappa shape index (κ3) is 14.9. The molecular weight excluding hydrogens is 808 g/mol. The highest BCUT2D eigenvalue weighted by molar-refractivity contribution is 7.34. The number of ketones is 2. The van der Waals surface area contributed by atoms with Crippen LogP contribution in [-0.4, -0.2) is 90.8 Å². The Kier molecular flexibility index (Phi) is 23.9. The highest BCUT2D eigenvalue weighted by Crippen LogP contribution is 2.33. The van der Waals surface area contributed by atoms with E-state index in [4.69, 9.17) is 37.9 Å². The minimum absolute atomic E-state index is 0.229. The quantitative estimate of drug-likeness (QED) is 0.0253. The first-order valence-corrected chi connectivity index (χ1v) is 21.7. The van der Waals surface area contributed by atoms with Crippen molar-refractivity contribution in [2.75, 3.05) is 79.3 Å². The average molecular weight is 873 g/mol. The molecule has 3 aromatic carbocycles. The lowest BCUT2D eigenvalue weighted by Gasteiger charge is -2.23. The first-order chi connectivity index (χ1) is 30.0. The summed E-state index contributed by atoms with van der Waals surface area (Å²) in [6, 6.07) is 4.74. The maximum absolute atomic E-state index is 14.9. The number of carbonyl (C=O) groups is 2. The van der Waals surface area contributed by atoms with Crippen molar-refractivity contribution < 1.29 is 52.0 Å². The van der Waals surface area contributed by atoms with E-state index in [-0.39, 0.29) is 57.6 Å². The molecule has 0 radical (unpaired) electrons. The molecule has 0 unspecified atom stereocenters. The Morgan fingerprint density at radius 1 is 0.435 bits per heavy atom. The van der Waals surface area contributed by atoms with Crippen molar-refractivity contribution >= 4 is 25.3 Å². The average Bonchev–Trinajstić information content (AvgIpc) is 3.26. The number of ether oxygens (including phenoxy) is 8. The smallest absolute Gasteiger partial charge is 0.193 e. The van der Waals surface area contributed by atoms with Crippen LogP contribution in [0.25, 0.3) is 0 Å². The molecule has 11 nitrogen and oxygen atoms in total. The molecule has 0 heterocycles. The van der Waals surface area contributed by atoms with E-state index >= 15 is 0 Å². The Bertz CT molecular complexity index is 1790. The van der Waals surface area contributed by atoms with Gasteiger partial charge in [-0.05, 0) is 115 Å². The number of hydrogen-bond acceptors (Lipinski definition) is 11. The molecule has 0 bridgehead atoms. The lowest BCUT2D eigenvalue weighted by molar-refractivity contribution is 0.0478. The fraction of sp³-hybridized carbons (Fsp3) is 0.440. The van der Waals surface area contributed by atoms with Gasteiger partial charge in [0.2, 0.25) is 0 Å². The van der Waals surface area contributed by atoms with Gasteiger partial charge in [-0.3, -0.25) is 14.2 Å². The van der Waals surface area contributed by atoms with Gasteiger partial charge in [0.1, 0.15) is 0 Å². The van der Waals surface area contributed by atoms with E-state index in [9.17, 15) is 14.2 Å². The van der Waals surface area contributed by atoms with E-state index in [1.807, 2.05) is 41.5 Å². The van der Waals surface area contributed by atoms with Gasteiger partial charge < -0.3 is 37.9 Å². The van der Waals surface area contributed by atoms with Gasteiger partial charge in [-0.2, -0.15) is 0 Å². The predicted octanol–water partition coefficient (Wildman–Crippen LogP) is 8.79.